The van der Waals surface area contributed by atoms with Crippen molar-refractivity contribution < 1.29 is 15.0 Å². The highest BCUT2D eigenvalue weighted by atomic mass is 16.4. The minimum Gasteiger partial charge on any atom is -0.479 e. The largest absolute Gasteiger partial charge is 0.479 e. The van der Waals surface area contributed by atoms with Gasteiger partial charge in [-0.1, -0.05) is 13.8 Å². The van der Waals surface area contributed by atoms with E-state index in [0.29, 0.717) is 12.3 Å². The highest BCUT2D eigenvalue weighted by Crippen LogP contribution is 2.66. The van der Waals surface area contributed by atoms with Gasteiger partial charge < -0.3 is 10.2 Å². The fourth-order valence-electron chi connectivity index (χ4n) is 2.93. The summed E-state index contributed by atoms with van der Waals surface area (Å²) < 4.78 is 0. The number of hydrogen-bond acceptors (Lipinski definition) is 2. The second-order valence-electron chi connectivity index (χ2n) is 4.74. The Bertz CT molecular complexity index is 246. The first-order valence-electron chi connectivity index (χ1n) is 4.35. The van der Waals surface area contributed by atoms with Crippen LogP contribution in [0.15, 0.2) is 0 Å². The molecule has 0 spiro atoms. The van der Waals surface area contributed by atoms with Crippen molar-refractivity contribution >= 4 is 5.97 Å². The number of carboxylic acids is 1. The van der Waals surface area contributed by atoms with Gasteiger partial charge in [0.2, 0.25) is 0 Å². The fourth-order valence-corrected chi connectivity index (χ4v) is 2.93. The first-order chi connectivity index (χ1) is 5.39. The van der Waals surface area contributed by atoms with Gasteiger partial charge in [-0.3, -0.25) is 0 Å². The summed E-state index contributed by atoms with van der Waals surface area (Å²) in [6, 6.07) is 0. The third-order valence-electron chi connectivity index (χ3n) is 3.97. The minimum atomic E-state index is -1.42. The third-order valence-corrected chi connectivity index (χ3v) is 3.97. The summed E-state index contributed by atoms with van der Waals surface area (Å²) in [5.41, 5.74) is -1.39. The Morgan fingerprint density at radius 1 is 1.50 bits per heavy atom. The Labute approximate surface area is 71.4 Å². The van der Waals surface area contributed by atoms with Crippen LogP contribution in [0.25, 0.3) is 0 Å². The average molecular weight is 170 g/mol. The number of carbonyl (C=O) groups is 1. The second-order valence-corrected chi connectivity index (χ2v) is 4.74. The summed E-state index contributed by atoms with van der Waals surface area (Å²) in [5.74, 6) is -0.670. The number of hydrogen-bond donors (Lipinski definition) is 2. The predicted octanol–water partition coefficient (Wildman–Crippen LogP) is 0.868. The zero-order chi connectivity index (χ0) is 9.15. The average Bonchev–Trinajstić information content (AvgIpc) is 2.39. The fraction of sp³-hybridized carbons (Fsp3) is 0.889. The van der Waals surface area contributed by atoms with E-state index >= 15 is 0 Å². The lowest BCUT2D eigenvalue weighted by Gasteiger charge is -2.45. The van der Waals surface area contributed by atoms with Crippen molar-refractivity contribution in [2.75, 3.05) is 0 Å². The molecule has 3 aliphatic carbocycles. The van der Waals surface area contributed by atoms with Crippen LogP contribution in [-0.2, 0) is 4.79 Å². The molecule has 0 saturated heterocycles. The molecule has 0 amide bonds. The molecule has 68 valence electrons. The lowest BCUT2D eigenvalue weighted by atomic mass is 9.59. The van der Waals surface area contributed by atoms with Gasteiger partial charge in [-0.15, -0.1) is 0 Å². The lowest BCUT2D eigenvalue weighted by molar-refractivity contribution is -0.165. The molecule has 3 heteroatoms. The molecule has 0 aliphatic heterocycles. The van der Waals surface area contributed by atoms with E-state index in [1.165, 1.54) is 0 Å². The van der Waals surface area contributed by atoms with E-state index in [1.807, 2.05) is 13.8 Å². The number of aliphatic carboxylic acids is 1. The van der Waals surface area contributed by atoms with Crippen molar-refractivity contribution in [2.24, 2.45) is 17.3 Å². The van der Waals surface area contributed by atoms with Crippen LogP contribution in [0.1, 0.15) is 26.7 Å². The molecule has 3 saturated carbocycles. The van der Waals surface area contributed by atoms with Crippen molar-refractivity contribution in [2.45, 2.75) is 32.3 Å². The van der Waals surface area contributed by atoms with Crippen molar-refractivity contribution in [3.05, 3.63) is 0 Å². The molecule has 0 aromatic carbocycles. The molecule has 3 aliphatic rings. The van der Waals surface area contributed by atoms with Gasteiger partial charge in [-0.25, -0.2) is 4.79 Å². The lowest BCUT2D eigenvalue weighted by Crippen LogP contribution is -2.48. The van der Waals surface area contributed by atoms with Crippen molar-refractivity contribution in [1.82, 2.24) is 0 Å². The predicted molar refractivity (Wildman–Crippen MR) is 42.6 cm³/mol. The highest BCUT2D eigenvalue weighted by molar-refractivity contribution is 5.79. The van der Waals surface area contributed by atoms with Crippen LogP contribution in [0.2, 0.25) is 0 Å². The summed E-state index contributed by atoms with van der Waals surface area (Å²) in [6.45, 7) is 4.10. The van der Waals surface area contributed by atoms with Gasteiger partial charge in [0.1, 0.15) is 0 Å². The standard InChI is InChI=1S/C9H14O3/c1-8(2)5-3-6(8)9(12,4-5)7(10)11/h5-6,12H,3-4H2,1-2H3,(H,10,11)/t5-,6-,9+/m1/s1. The molecule has 0 aromatic heterocycles. The van der Waals surface area contributed by atoms with Crippen molar-refractivity contribution in [3.8, 4) is 0 Å². The molecule has 0 heterocycles. The Morgan fingerprint density at radius 3 is 2.25 bits per heavy atom. The molecule has 2 N–H and O–H groups in total. The zero-order valence-corrected chi connectivity index (χ0v) is 7.37. The van der Waals surface area contributed by atoms with Crippen LogP contribution in [0.3, 0.4) is 0 Å². The molecular weight excluding hydrogens is 156 g/mol. The van der Waals surface area contributed by atoms with Gasteiger partial charge in [-0.2, -0.15) is 0 Å². The summed E-state index contributed by atoms with van der Waals surface area (Å²) in [6.07, 6.45) is 1.33. The molecule has 2 bridgehead atoms. The summed E-state index contributed by atoms with van der Waals surface area (Å²) >= 11 is 0. The minimum absolute atomic E-state index is 0.0347. The molecule has 0 aromatic rings. The van der Waals surface area contributed by atoms with E-state index in [-0.39, 0.29) is 11.3 Å². The maximum absolute atomic E-state index is 10.8. The van der Waals surface area contributed by atoms with Gasteiger partial charge in [0.05, 0.1) is 0 Å². The Morgan fingerprint density at radius 2 is 2.08 bits per heavy atom. The van der Waals surface area contributed by atoms with Gasteiger partial charge >= 0.3 is 5.97 Å². The van der Waals surface area contributed by atoms with Crippen LogP contribution in [-0.4, -0.2) is 21.8 Å². The topological polar surface area (TPSA) is 57.5 Å². The van der Waals surface area contributed by atoms with E-state index in [1.54, 1.807) is 0 Å². The van der Waals surface area contributed by atoms with E-state index < -0.39 is 11.6 Å². The quantitative estimate of drug-likeness (QED) is 0.614. The first-order valence-corrected chi connectivity index (χ1v) is 4.35. The molecule has 12 heavy (non-hydrogen) atoms. The number of aliphatic hydroxyl groups is 1. The zero-order valence-electron chi connectivity index (χ0n) is 7.37. The highest BCUT2D eigenvalue weighted by Gasteiger charge is 2.68. The van der Waals surface area contributed by atoms with Crippen LogP contribution in [0.4, 0.5) is 0 Å². The normalized spacial score (nSPS) is 48.6. The molecule has 3 atom stereocenters. The summed E-state index contributed by atoms with van der Waals surface area (Å²) in [7, 11) is 0. The molecule has 3 fully saturated rings. The summed E-state index contributed by atoms with van der Waals surface area (Å²) in [5, 5.41) is 18.7. The van der Waals surface area contributed by atoms with Crippen molar-refractivity contribution in [3.63, 3.8) is 0 Å². The van der Waals surface area contributed by atoms with E-state index in [4.69, 9.17) is 5.11 Å². The summed E-state index contributed by atoms with van der Waals surface area (Å²) in [4.78, 5) is 10.8. The van der Waals surface area contributed by atoms with Gasteiger partial charge in [0.25, 0.3) is 0 Å². The molecule has 0 radical (unpaired) electrons. The Kier molecular flexibility index (Phi) is 1.24. The maximum atomic E-state index is 10.8. The number of rotatable bonds is 1. The number of carboxylic acid groups (broad SMARTS) is 1. The van der Waals surface area contributed by atoms with E-state index in [9.17, 15) is 9.90 Å². The van der Waals surface area contributed by atoms with Gasteiger partial charge in [0.15, 0.2) is 5.60 Å². The maximum Gasteiger partial charge on any atom is 0.335 e. The van der Waals surface area contributed by atoms with Crippen LogP contribution < -0.4 is 0 Å². The smallest absolute Gasteiger partial charge is 0.335 e. The van der Waals surface area contributed by atoms with Crippen LogP contribution in [0.5, 0.6) is 0 Å². The number of fused-ring (bicyclic) bond motifs is 1. The Hall–Kier alpha value is -0.570. The molecule has 3 nitrogen and oxygen atoms in total. The molecule has 3 rings (SSSR count). The van der Waals surface area contributed by atoms with E-state index in [0.717, 1.165) is 6.42 Å². The second kappa shape index (κ2) is 1.84. The van der Waals surface area contributed by atoms with Crippen LogP contribution in [0, 0.1) is 17.3 Å². The first kappa shape index (κ1) is 8.05. The van der Waals surface area contributed by atoms with Crippen molar-refractivity contribution in [1.29, 1.82) is 0 Å². The molecular formula is C9H14O3. The Balaban J connectivity index is 2.31. The monoisotopic (exact) mass is 170 g/mol. The van der Waals surface area contributed by atoms with Gasteiger partial charge in [-0.05, 0) is 24.2 Å². The SMILES string of the molecule is CC1(C)[C@@H]2C[C@H]1[C@](O)(C(=O)O)C2. The van der Waals surface area contributed by atoms with Crippen LogP contribution >= 0.6 is 0 Å². The van der Waals surface area contributed by atoms with Gasteiger partial charge in [0, 0.05) is 5.92 Å². The van der Waals surface area contributed by atoms with E-state index in [2.05, 4.69) is 0 Å². The third kappa shape index (κ3) is 0.637. The molecule has 0 unspecified atom stereocenters.